The second-order valence-corrected chi connectivity index (χ2v) is 4.85. The van der Waals surface area contributed by atoms with E-state index in [0.717, 1.165) is 0 Å². The Kier molecular flexibility index (Phi) is 1.50. The molecule has 4 rings (SSSR count). The minimum absolute atomic E-state index is 0.0361. The Morgan fingerprint density at radius 3 is 2.93 bits per heavy atom. The molecular weight excluding hydrogens is 184 g/mol. The van der Waals surface area contributed by atoms with Crippen molar-refractivity contribution in [3.8, 4) is 0 Å². The van der Waals surface area contributed by atoms with Gasteiger partial charge in [-0.25, -0.2) is 0 Å². The Hall–Kier alpha value is -0.450. The topological polar surface area (TPSA) is 44.8 Å². The number of rotatable bonds is 0. The summed E-state index contributed by atoms with van der Waals surface area (Å²) >= 11 is 0. The minimum atomic E-state index is -0.576. The van der Waals surface area contributed by atoms with E-state index in [1.165, 1.54) is 0 Å². The number of ketones is 1. The Morgan fingerprint density at radius 1 is 1.43 bits per heavy atom. The van der Waals surface area contributed by atoms with E-state index in [1.807, 2.05) is 13.8 Å². The Balaban J connectivity index is 1.96. The maximum Gasteiger partial charge on any atom is 0.164 e. The van der Waals surface area contributed by atoms with Crippen LogP contribution < -0.4 is 0 Å². The summed E-state index contributed by atoms with van der Waals surface area (Å²) in [4.78, 5) is 11.5. The van der Waals surface area contributed by atoms with Crippen molar-refractivity contribution in [3.05, 3.63) is 0 Å². The lowest BCUT2D eigenvalue weighted by Crippen LogP contribution is -2.60. The molecule has 0 aromatic rings. The lowest BCUT2D eigenvalue weighted by molar-refractivity contribution is -0.200. The summed E-state index contributed by atoms with van der Waals surface area (Å²) in [5.74, 6) is -0.415. The van der Waals surface area contributed by atoms with Crippen molar-refractivity contribution in [2.24, 2.45) is 0 Å². The number of carbonyl (C=O) groups is 1. The van der Waals surface area contributed by atoms with E-state index in [4.69, 9.17) is 14.2 Å². The maximum absolute atomic E-state index is 11.5. The van der Waals surface area contributed by atoms with Gasteiger partial charge in [0, 0.05) is 12.8 Å². The quantitative estimate of drug-likeness (QED) is 0.573. The molecule has 4 nitrogen and oxygen atoms in total. The second kappa shape index (κ2) is 2.38. The molecule has 1 aliphatic carbocycles. The summed E-state index contributed by atoms with van der Waals surface area (Å²) in [5, 5.41) is 0. The molecule has 4 fully saturated rings. The predicted octanol–water partition coefficient (Wildman–Crippen LogP) is 0.638. The molecule has 0 aromatic heterocycles. The largest absolute Gasteiger partial charge is 0.367 e. The zero-order valence-corrected chi connectivity index (χ0v) is 8.41. The van der Waals surface area contributed by atoms with Crippen molar-refractivity contribution in [3.63, 3.8) is 0 Å². The maximum atomic E-state index is 11.5. The van der Waals surface area contributed by atoms with Crippen molar-refractivity contribution in [2.45, 2.75) is 50.3 Å². The van der Waals surface area contributed by atoms with Crippen LogP contribution in [0, 0.1) is 0 Å². The van der Waals surface area contributed by atoms with E-state index < -0.39 is 11.4 Å². The van der Waals surface area contributed by atoms with Crippen LogP contribution in [0.1, 0.15) is 26.7 Å². The molecule has 3 saturated heterocycles. The van der Waals surface area contributed by atoms with Crippen molar-refractivity contribution in [2.75, 3.05) is 6.61 Å². The molecule has 0 radical (unpaired) electrons. The standard InChI is InChI=1S/C10H14O4/c1-9(2)13-8-3-7-6(11)4-10(8,14-9)5-12-7/h7-8H,3-5H2,1-2H3. The third-order valence-corrected chi connectivity index (χ3v) is 3.25. The average Bonchev–Trinajstić information content (AvgIpc) is 2.32. The molecule has 1 saturated carbocycles. The van der Waals surface area contributed by atoms with Crippen LogP contribution in [0.4, 0.5) is 0 Å². The SMILES string of the molecule is CC1(C)OC2CC3OCC2(CC3=O)O1. The number of hydrogen-bond acceptors (Lipinski definition) is 4. The number of hydrogen-bond donors (Lipinski definition) is 0. The van der Waals surface area contributed by atoms with Crippen LogP contribution in [-0.4, -0.2) is 36.0 Å². The first-order chi connectivity index (χ1) is 6.51. The van der Waals surface area contributed by atoms with Crippen LogP contribution >= 0.6 is 0 Å². The predicted molar refractivity (Wildman–Crippen MR) is 46.7 cm³/mol. The summed E-state index contributed by atoms with van der Waals surface area (Å²) in [6.07, 6.45) is 0.891. The first kappa shape index (κ1) is 8.83. The minimum Gasteiger partial charge on any atom is -0.367 e. The molecule has 4 heteroatoms. The van der Waals surface area contributed by atoms with Crippen molar-refractivity contribution in [1.82, 2.24) is 0 Å². The fraction of sp³-hybridized carbons (Fsp3) is 0.900. The Labute approximate surface area is 82.5 Å². The molecular formula is C10H14O4. The highest BCUT2D eigenvalue weighted by Crippen LogP contribution is 2.47. The fourth-order valence-electron chi connectivity index (χ4n) is 2.75. The first-order valence-corrected chi connectivity index (χ1v) is 5.03. The first-order valence-electron chi connectivity index (χ1n) is 5.03. The highest BCUT2D eigenvalue weighted by Gasteiger charge is 2.61. The lowest BCUT2D eigenvalue weighted by Gasteiger charge is -2.44. The van der Waals surface area contributed by atoms with E-state index in [9.17, 15) is 4.79 Å². The van der Waals surface area contributed by atoms with Gasteiger partial charge in [0.2, 0.25) is 0 Å². The molecule has 3 heterocycles. The van der Waals surface area contributed by atoms with Gasteiger partial charge in [-0.1, -0.05) is 0 Å². The van der Waals surface area contributed by atoms with Gasteiger partial charge in [-0.2, -0.15) is 0 Å². The van der Waals surface area contributed by atoms with E-state index in [-0.39, 0.29) is 18.0 Å². The smallest absolute Gasteiger partial charge is 0.164 e. The summed E-state index contributed by atoms with van der Waals surface area (Å²) in [5.41, 5.74) is -0.491. The summed E-state index contributed by atoms with van der Waals surface area (Å²) in [6.45, 7) is 4.27. The Morgan fingerprint density at radius 2 is 2.21 bits per heavy atom. The van der Waals surface area contributed by atoms with E-state index in [1.54, 1.807) is 0 Å². The monoisotopic (exact) mass is 198 g/mol. The van der Waals surface area contributed by atoms with Crippen LogP contribution in [-0.2, 0) is 19.0 Å². The number of carbonyl (C=O) groups excluding carboxylic acids is 1. The molecule has 2 bridgehead atoms. The van der Waals surface area contributed by atoms with Crippen molar-refractivity contribution < 1.29 is 19.0 Å². The third kappa shape index (κ3) is 1.02. The van der Waals surface area contributed by atoms with Gasteiger partial charge in [0.1, 0.15) is 11.7 Å². The molecule has 3 atom stereocenters. The molecule has 1 spiro atoms. The average molecular weight is 198 g/mol. The molecule has 78 valence electrons. The van der Waals surface area contributed by atoms with Gasteiger partial charge in [0.25, 0.3) is 0 Å². The van der Waals surface area contributed by atoms with Gasteiger partial charge >= 0.3 is 0 Å². The summed E-state index contributed by atoms with van der Waals surface area (Å²) in [7, 11) is 0. The zero-order valence-electron chi connectivity index (χ0n) is 8.41. The third-order valence-electron chi connectivity index (χ3n) is 3.25. The lowest BCUT2D eigenvalue weighted by atomic mass is 9.78. The van der Waals surface area contributed by atoms with Gasteiger partial charge in [-0.05, 0) is 13.8 Å². The molecule has 3 unspecified atom stereocenters. The normalized spacial score (nSPS) is 49.4. The van der Waals surface area contributed by atoms with Crippen LogP contribution in [0.2, 0.25) is 0 Å². The van der Waals surface area contributed by atoms with E-state index in [2.05, 4.69) is 0 Å². The molecule has 0 amide bonds. The van der Waals surface area contributed by atoms with Crippen LogP contribution in [0.15, 0.2) is 0 Å². The fourth-order valence-corrected chi connectivity index (χ4v) is 2.75. The number of fused-ring (bicyclic) bond motifs is 2. The van der Waals surface area contributed by atoms with Gasteiger partial charge in [-0.3, -0.25) is 4.79 Å². The molecule has 3 aliphatic heterocycles. The summed E-state index contributed by atoms with van der Waals surface area (Å²) < 4.78 is 17.0. The van der Waals surface area contributed by atoms with E-state index >= 15 is 0 Å². The molecule has 4 aliphatic rings. The van der Waals surface area contributed by atoms with Gasteiger partial charge in [0.15, 0.2) is 11.6 Å². The molecule has 0 aromatic carbocycles. The van der Waals surface area contributed by atoms with Gasteiger partial charge in [0.05, 0.1) is 12.7 Å². The van der Waals surface area contributed by atoms with Gasteiger partial charge in [-0.15, -0.1) is 0 Å². The van der Waals surface area contributed by atoms with E-state index in [0.29, 0.717) is 19.4 Å². The Bertz CT molecular complexity index is 298. The van der Waals surface area contributed by atoms with Crippen LogP contribution in [0.25, 0.3) is 0 Å². The molecule has 0 N–H and O–H groups in total. The number of ether oxygens (including phenoxy) is 3. The summed E-state index contributed by atoms with van der Waals surface area (Å²) in [6, 6.07) is 0. The highest BCUT2D eigenvalue weighted by atomic mass is 16.8. The second-order valence-electron chi connectivity index (χ2n) is 4.85. The highest BCUT2D eigenvalue weighted by molar-refractivity contribution is 5.86. The molecule has 14 heavy (non-hydrogen) atoms. The number of Topliss-reactive ketones (excluding diaryl/α,β-unsaturated/α-hetero) is 1. The van der Waals surface area contributed by atoms with Crippen molar-refractivity contribution in [1.29, 1.82) is 0 Å². The van der Waals surface area contributed by atoms with Crippen LogP contribution in [0.3, 0.4) is 0 Å². The zero-order chi connectivity index (χ0) is 9.97. The van der Waals surface area contributed by atoms with Crippen LogP contribution in [0.5, 0.6) is 0 Å². The van der Waals surface area contributed by atoms with Crippen molar-refractivity contribution >= 4 is 5.78 Å². The van der Waals surface area contributed by atoms with Gasteiger partial charge < -0.3 is 14.2 Å².